The number of rotatable bonds is 8. The van der Waals surface area contributed by atoms with E-state index in [-0.39, 0.29) is 6.03 Å². The van der Waals surface area contributed by atoms with Crippen molar-refractivity contribution >= 4 is 6.03 Å². The Hall–Kier alpha value is -1.63. The normalized spacial score (nSPS) is 18.5. The van der Waals surface area contributed by atoms with Crippen LogP contribution in [0.15, 0.2) is 0 Å². The summed E-state index contributed by atoms with van der Waals surface area (Å²) in [4.78, 5) is 14.8. The van der Waals surface area contributed by atoms with Crippen LogP contribution in [-0.2, 0) is 19.5 Å². The predicted molar refractivity (Wildman–Crippen MR) is 97.2 cm³/mol. The van der Waals surface area contributed by atoms with E-state index in [1.165, 1.54) is 12.8 Å². The van der Waals surface area contributed by atoms with Crippen LogP contribution in [0.1, 0.15) is 57.6 Å². The highest BCUT2D eigenvalue weighted by atomic mass is 16.2. The first kappa shape index (κ1) is 18.2. The standard InChI is InChI=1S/C18H32N6O/c1-3-14(4-2)15(23-9-5-6-10-23)12-19-18(25)20-13-17-22-21-16-8-7-11-24(16)17/h14-15H,3-13H2,1-2H3,(H2,19,20,25)/t15-/m1/s1. The third kappa shape index (κ3) is 4.32. The van der Waals surface area contributed by atoms with Crippen LogP contribution >= 0.6 is 0 Å². The van der Waals surface area contributed by atoms with Gasteiger partial charge in [-0.3, -0.25) is 4.90 Å². The van der Waals surface area contributed by atoms with E-state index < -0.39 is 0 Å². The SMILES string of the molecule is CCC(CC)[C@@H](CNC(=O)NCc1nnc2n1CCC2)N1CCCC1. The lowest BCUT2D eigenvalue weighted by Gasteiger charge is -2.33. The van der Waals surface area contributed by atoms with E-state index in [1.807, 2.05) is 0 Å². The first-order valence-electron chi connectivity index (χ1n) is 9.89. The molecule has 1 aromatic rings. The molecule has 0 saturated carbocycles. The highest BCUT2D eigenvalue weighted by Gasteiger charge is 2.27. The van der Waals surface area contributed by atoms with Gasteiger partial charge in [0.2, 0.25) is 0 Å². The number of urea groups is 1. The molecule has 140 valence electrons. The molecule has 7 nitrogen and oxygen atoms in total. The van der Waals surface area contributed by atoms with E-state index >= 15 is 0 Å². The van der Waals surface area contributed by atoms with Gasteiger partial charge in [0, 0.05) is 25.6 Å². The van der Waals surface area contributed by atoms with Crippen molar-refractivity contribution < 1.29 is 4.79 Å². The topological polar surface area (TPSA) is 75.1 Å². The highest BCUT2D eigenvalue weighted by Crippen LogP contribution is 2.22. The number of aryl methyl sites for hydroxylation is 1. The number of nitrogens with zero attached hydrogens (tertiary/aromatic N) is 4. The Morgan fingerprint density at radius 3 is 2.56 bits per heavy atom. The zero-order chi connectivity index (χ0) is 17.6. The second-order valence-corrected chi connectivity index (χ2v) is 7.24. The fourth-order valence-corrected chi connectivity index (χ4v) is 4.26. The molecule has 1 aromatic heterocycles. The third-order valence-corrected chi connectivity index (χ3v) is 5.77. The Bertz CT molecular complexity index is 560. The maximum Gasteiger partial charge on any atom is 0.315 e. The van der Waals surface area contributed by atoms with Gasteiger partial charge in [-0.15, -0.1) is 10.2 Å². The van der Waals surface area contributed by atoms with E-state index in [2.05, 4.69) is 44.1 Å². The van der Waals surface area contributed by atoms with Gasteiger partial charge in [-0.25, -0.2) is 4.79 Å². The molecule has 3 heterocycles. The van der Waals surface area contributed by atoms with Crippen molar-refractivity contribution in [3.63, 3.8) is 0 Å². The molecule has 1 fully saturated rings. The predicted octanol–water partition coefficient (Wildman–Crippen LogP) is 1.92. The lowest BCUT2D eigenvalue weighted by molar-refractivity contribution is 0.161. The quantitative estimate of drug-likeness (QED) is 0.753. The minimum atomic E-state index is -0.106. The molecule has 2 amide bonds. The van der Waals surface area contributed by atoms with Crippen LogP contribution in [0, 0.1) is 5.92 Å². The number of fused-ring (bicyclic) bond motifs is 1. The van der Waals surface area contributed by atoms with E-state index in [0.29, 0.717) is 18.5 Å². The minimum absolute atomic E-state index is 0.106. The molecule has 0 aromatic carbocycles. The number of carbonyl (C=O) groups is 1. The van der Waals surface area contributed by atoms with Crippen LogP contribution in [0.5, 0.6) is 0 Å². The molecule has 2 aliphatic rings. The lowest BCUT2D eigenvalue weighted by Crippen LogP contribution is -2.48. The van der Waals surface area contributed by atoms with E-state index in [9.17, 15) is 4.79 Å². The van der Waals surface area contributed by atoms with Crippen LogP contribution < -0.4 is 10.6 Å². The summed E-state index contributed by atoms with van der Waals surface area (Å²) in [5, 5.41) is 14.4. The molecule has 1 atom stereocenters. The summed E-state index contributed by atoms with van der Waals surface area (Å²) in [6.07, 6.45) is 6.99. The van der Waals surface area contributed by atoms with Crippen molar-refractivity contribution in [1.29, 1.82) is 0 Å². The number of amides is 2. The van der Waals surface area contributed by atoms with Crippen molar-refractivity contribution in [3.8, 4) is 0 Å². The van der Waals surface area contributed by atoms with Crippen molar-refractivity contribution in [2.24, 2.45) is 5.92 Å². The summed E-state index contributed by atoms with van der Waals surface area (Å²) >= 11 is 0. The summed E-state index contributed by atoms with van der Waals surface area (Å²) in [6, 6.07) is 0.339. The van der Waals surface area contributed by atoms with Gasteiger partial charge in [0.25, 0.3) is 0 Å². The van der Waals surface area contributed by atoms with Crippen molar-refractivity contribution in [3.05, 3.63) is 11.6 Å². The molecule has 0 spiro atoms. The lowest BCUT2D eigenvalue weighted by atomic mass is 9.93. The van der Waals surface area contributed by atoms with Crippen molar-refractivity contribution in [1.82, 2.24) is 30.3 Å². The molecule has 2 N–H and O–H groups in total. The highest BCUT2D eigenvalue weighted by molar-refractivity contribution is 5.73. The first-order chi connectivity index (χ1) is 12.2. The number of carbonyl (C=O) groups excluding carboxylic acids is 1. The zero-order valence-corrected chi connectivity index (χ0v) is 15.6. The molecular weight excluding hydrogens is 316 g/mol. The van der Waals surface area contributed by atoms with Gasteiger partial charge in [0.1, 0.15) is 5.82 Å². The van der Waals surface area contributed by atoms with Gasteiger partial charge in [0.15, 0.2) is 5.82 Å². The second kappa shape index (κ2) is 8.65. The summed E-state index contributed by atoms with van der Waals surface area (Å²) in [5.41, 5.74) is 0. The fraction of sp³-hybridized carbons (Fsp3) is 0.833. The van der Waals surface area contributed by atoms with Crippen molar-refractivity contribution in [2.75, 3.05) is 19.6 Å². The summed E-state index contributed by atoms with van der Waals surface area (Å²) in [7, 11) is 0. The molecule has 25 heavy (non-hydrogen) atoms. The Kier molecular flexibility index (Phi) is 6.29. The molecule has 3 rings (SSSR count). The summed E-state index contributed by atoms with van der Waals surface area (Å²) < 4.78 is 2.12. The van der Waals surface area contributed by atoms with Crippen LogP contribution in [0.3, 0.4) is 0 Å². The summed E-state index contributed by atoms with van der Waals surface area (Å²) in [6.45, 7) is 8.96. The van der Waals surface area contributed by atoms with E-state index in [1.54, 1.807) is 0 Å². The molecule has 0 radical (unpaired) electrons. The van der Waals surface area contributed by atoms with E-state index in [0.717, 1.165) is 63.5 Å². The number of hydrogen-bond donors (Lipinski definition) is 2. The fourth-order valence-electron chi connectivity index (χ4n) is 4.26. The van der Waals surface area contributed by atoms with E-state index in [4.69, 9.17) is 0 Å². The molecule has 2 aliphatic heterocycles. The average molecular weight is 348 g/mol. The number of nitrogens with one attached hydrogen (secondary N) is 2. The van der Waals surface area contributed by atoms with Gasteiger partial charge in [-0.1, -0.05) is 26.7 Å². The maximum atomic E-state index is 12.3. The van der Waals surface area contributed by atoms with Crippen LogP contribution in [-0.4, -0.2) is 51.4 Å². The Morgan fingerprint density at radius 1 is 1.08 bits per heavy atom. The monoisotopic (exact) mass is 348 g/mol. The number of aromatic nitrogens is 3. The Balaban J connectivity index is 1.48. The van der Waals surface area contributed by atoms with Gasteiger partial charge in [-0.05, 0) is 38.3 Å². The zero-order valence-electron chi connectivity index (χ0n) is 15.6. The third-order valence-electron chi connectivity index (χ3n) is 5.77. The molecule has 1 saturated heterocycles. The van der Waals surface area contributed by atoms with Gasteiger partial charge < -0.3 is 15.2 Å². The molecule has 0 unspecified atom stereocenters. The van der Waals surface area contributed by atoms with Gasteiger partial charge in [-0.2, -0.15) is 0 Å². The Labute approximate surface area is 150 Å². The average Bonchev–Trinajstić information content (AvgIpc) is 3.35. The molecule has 7 heteroatoms. The van der Waals surface area contributed by atoms with Crippen LogP contribution in [0.2, 0.25) is 0 Å². The largest absolute Gasteiger partial charge is 0.337 e. The second-order valence-electron chi connectivity index (χ2n) is 7.24. The first-order valence-corrected chi connectivity index (χ1v) is 9.89. The molecule has 0 aliphatic carbocycles. The van der Waals surface area contributed by atoms with Gasteiger partial charge in [0.05, 0.1) is 6.54 Å². The maximum absolute atomic E-state index is 12.3. The smallest absolute Gasteiger partial charge is 0.315 e. The molecular formula is C18H32N6O. The number of hydrogen-bond acceptors (Lipinski definition) is 4. The van der Waals surface area contributed by atoms with Crippen LogP contribution in [0.4, 0.5) is 4.79 Å². The number of likely N-dealkylation sites (tertiary alicyclic amines) is 1. The Morgan fingerprint density at radius 2 is 1.84 bits per heavy atom. The van der Waals surface area contributed by atoms with Crippen LogP contribution in [0.25, 0.3) is 0 Å². The van der Waals surface area contributed by atoms with Crippen molar-refractivity contribution in [2.45, 2.75) is 71.5 Å². The van der Waals surface area contributed by atoms with Gasteiger partial charge >= 0.3 is 6.03 Å². The molecule has 0 bridgehead atoms. The summed E-state index contributed by atoms with van der Waals surface area (Å²) in [5.74, 6) is 2.54. The minimum Gasteiger partial charge on any atom is -0.337 e.